The largest absolute Gasteiger partial charge is 0.369 e. The molecule has 0 saturated heterocycles. The highest BCUT2D eigenvalue weighted by molar-refractivity contribution is 7.99. The van der Waals surface area contributed by atoms with E-state index in [1.54, 1.807) is 0 Å². The second-order valence-corrected chi connectivity index (χ2v) is 5.10. The lowest BCUT2D eigenvalue weighted by Gasteiger charge is -2.25. The normalized spacial score (nSPS) is 45.1. The minimum atomic E-state index is -0.0683. The van der Waals surface area contributed by atoms with Gasteiger partial charge in [0.05, 0.1) is 0 Å². The van der Waals surface area contributed by atoms with E-state index in [1.165, 1.54) is 12.8 Å². The molecule has 2 saturated carbocycles. The average molecular weight is 185 g/mol. The Morgan fingerprint density at radius 3 is 2.67 bits per heavy atom. The molecule has 2 aliphatic rings. The number of carbonyl (C=O) groups is 1. The van der Waals surface area contributed by atoms with E-state index in [1.807, 2.05) is 11.8 Å². The van der Waals surface area contributed by atoms with Gasteiger partial charge < -0.3 is 5.73 Å². The van der Waals surface area contributed by atoms with Gasteiger partial charge in [-0.3, -0.25) is 4.79 Å². The molecule has 1 amide bonds. The zero-order chi connectivity index (χ0) is 8.72. The fourth-order valence-corrected chi connectivity index (χ4v) is 4.00. The van der Waals surface area contributed by atoms with Crippen LogP contribution in [-0.4, -0.2) is 17.4 Å². The summed E-state index contributed by atoms with van der Waals surface area (Å²) in [5, 5.41) is 0.709. The Hall–Kier alpha value is -0.180. The molecule has 0 aromatic heterocycles. The van der Waals surface area contributed by atoms with Crippen molar-refractivity contribution in [1.29, 1.82) is 0 Å². The first-order valence-electron chi connectivity index (χ1n) is 4.54. The van der Waals surface area contributed by atoms with Gasteiger partial charge >= 0.3 is 0 Å². The molecule has 0 heterocycles. The fraction of sp³-hybridized carbons (Fsp3) is 0.889. The second-order valence-electron chi connectivity index (χ2n) is 4.02. The summed E-state index contributed by atoms with van der Waals surface area (Å²) < 4.78 is 0. The van der Waals surface area contributed by atoms with Gasteiger partial charge in [0.2, 0.25) is 5.91 Å². The number of fused-ring (bicyclic) bond motifs is 2. The quantitative estimate of drug-likeness (QED) is 0.703. The van der Waals surface area contributed by atoms with Crippen molar-refractivity contribution in [3.63, 3.8) is 0 Å². The maximum absolute atomic E-state index is 11.1. The second kappa shape index (κ2) is 2.95. The molecule has 0 radical (unpaired) electrons. The zero-order valence-electron chi connectivity index (χ0n) is 7.32. The molecule has 4 atom stereocenters. The summed E-state index contributed by atoms with van der Waals surface area (Å²) in [7, 11) is 0. The summed E-state index contributed by atoms with van der Waals surface area (Å²) in [6.07, 6.45) is 5.77. The monoisotopic (exact) mass is 185 g/mol. The highest BCUT2D eigenvalue weighted by atomic mass is 32.2. The van der Waals surface area contributed by atoms with E-state index in [0.29, 0.717) is 11.2 Å². The van der Waals surface area contributed by atoms with Crippen molar-refractivity contribution in [2.75, 3.05) is 6.26 Å². The van der Waals surface area contributed by atoms with Crippen LogP contribution >= 0.6 is 11.8 Å². The Morgan fingerprint density at radius 1 is 1.42 bits per heavy atom. The van der Waals surface area contributed by atoms with Crippen LogP contribution in [0.2, 0.25) is 0 Å². The van der Waals surface area contributed by atoms with Crippen LogP contribution in [0.4, 0.5) is 0 Å². The van der Waals surface area contributed by atoms with E-state index in [-0.39, 0.29) is 11.8 Å². The minimum Gasteiger partial charge on any atom is -0.369 e. The minimum absolute atomic E-state index is 0.0683. The summed E-state index contributed by atoms with van der Waals surface area (Å²) in [5.74, 6) is 1.52. The molecule has 2 rings (SSSR count). The van der Waals surface area contributed by atoms with E-state index in [0.717, 1.165) is 12.3 Å². The first-order chi connectivity index (χ1) is 5.72. The number of amides is 1. The van der Waals surface area contributed by atoms with Gasteiger partial charge in [-0.1, -0.05) is 0 Å². The Kier molecular flexibility index (Phi) is 2.07. The summed E-state index contributed by atoms with van der Waals surface area (Å²) in [5.41, 5.74) is 5.35. The van der Waals surface area contributed by atoms with Gasteiger partial charge in [-0.2, -0.15) is 11.8 Å². The molecule has 68 valence electrons. The molecule has 12 heavy (non-hydrogen) atoms. The van der Waals surface area contributed by atoms with E-state index in [9.17, 15) is 4.79 Å². The van der Waals surface area contributed by atoms with Crippen LogP contribution in [-0.2, 0) is 4.79 Å². The van der Waals surface area contributed by atoms with Crippen molar-refractivity contribution in [2.45, 2.75) is 24.5 Å². The smallest absolute Gasteiger partial charge is 0.220 e. The predicted octanol–water partition coefficient (Wildman–Crippen LogP) is 1.25. The summed E-state index contributed by atoms with van der Waals surface area (Å²) in [4.78, 5) is 11.1. The third-order valence-corrected chi connectivity index (χ3v) is 4.57. The first kappa shape index (κ1) is 8.42. The molecule has 2 aliphatic carbocycles. The molecule has 2 unspecified atom stereocenters. The van der Waals surface area contributed by atoms with Crippen LogP contribution in [0.3, 0.4) is 0 Å². The van der Waals surface area contributed by atoms with Crippen LogP contribution in [0.15, 0.2) is 0 Å². The first-order valence-corrected chi connectivity index (χ1v) is 5.83. The molecule has 2 N–H and O–H groups in total. The van der Waals surface area contributed by atoms with Crippen LogP contribution in [0, 0.1) is 17.8 Å². The fourth-order valence-electron chi connectivity index (χ4n) is 2.88. The van der Waals surface area contributed by atoms with Crippen LogP contribution in [0.1, 0.15) is 19.3 Å². The molecular formula is C9H15NOS. The number of hydrogen-bond acceptors (Lipinski definition) is 2. The molecule has 2 fully saturated rings. The van der Waals surface area contributed by atoms with Crippen molar-refractivity contribution < 1.29 is 4.79 Å². The Balaban J connectivity index is 2.09. The third kappa shape index (κ3) is 1.15. The maximum atomic E-state index is 11.1. The lowest BCUT2D eigenvalue weighted by atomic mass is 9.88. The van der Waals surface area contributed by atoms with Crippen molar-refractivity contribution in [3.8, 4) is 0 Å². The van der Waals surface area contributed by atoms with E-state index in [4.69, 9.17) is 5.73 Å². The van der Waals surface area contributed by atoms with E-state index in [2.05, 4.69) is 6.26 Å². The summed E-state index contributed by atoms with van der Waals surface area (Å²) in [6.45, 7) is 0. The van der Waals surface area contributed by atoms with E-state index < -0.39 is 0 Å². The highest BCUT2D eigenvalue weighted by Gasteiger charge is 2.47. The third-order valence-electron chi connectivity index (χ3n) is 3.42. The van der Waals surface area contributed by atoms with E-state index >= 15 is 0 Å². The number of carbonyl (C=O) groups excluding carboxylic acids is 1. The van der Waals surface area contributed by atoms with Crippen molar-refractivity contribution in [3.05, 3.63) is 0 Å². The van der Waals surface area contributed by atoms with Gasteiger partial charge in [-0.15, -0.1) is 0 Å². The lowest BCUT2D eigenvalue weighted by molar-refractivity contribution is -0.123. The summed E-state index contributed by atoms with van der Waals surface area (Å²) >= 11 is 1.91. The molecule has 3 heteroatoms. The summed E-state index contributed by atoms with van der Waals surface area (Å²) in [6, 6.07) is 0. The van der Waals surface area contributed by atoms with Gasteiger partial charge in [0.25, 0.3) is 0 Å². The van der Waals surface area contributed by atoms with Crippen molar-refractivity contribution >= 4 is 17.7 Å². The average Bonchev–Trinajstić information content (AvgIpc) is 2.60. The molecule has 2 nitrogen and oxygen atoms in total. The van der Waals surface area contributed by atoms with Gasteiger partial charge in [-0.25, -0.2) is 0 Å². The molecule has 0 aliphatic heterocycles. The molecular weight excluding hydrogens is 170 g/mol. The van der Waals surface area contributed by atoms with Gasteiger partial charge in [0.1, 0.15) is 0 Å². The topological polar surface area (TPSA) is 43.1 Å². The predicted molar refractivity (Wildman–Crippen MR) is 50.8 cm³/mol. The molecule has 2 bridgehead atoms. The highest BCUT2D eigenvalue weighted by Crippen LogP contribution is 2.51. The number of thioether (sulfide) groups is 1. The molecule has 0 spiro atoms. The van der Waals surface area contributed by atoms with Crippen molar-refractivity contribution in [1.82, 2.24) is 0 Å². The van der Waals surface area contributed by atoms with Crippen LogP contribution < -0.4 is 5.73 Å². The van der Waals surface area contributed by atoms with Gasteiger partial charge in [0.15, 0.2) is 0 Å². The lowest BCUT2D eigenvalue weighted by Crippen LogP contribution is -2.32. The number of hydrogen-bond donors (Lipinski definition) is 1. The molecule has 0 aromatic carbocycles. The maximum Gasteiger partial charge on any atom is 0.220 e. The Labute approximate surface area is 77.3 Å². The molecule has 0 aromatic rings. The Bertz CT molecular complexity index is 207. The standard InChI is InChI=1S/C9H15NOS/c1-12-8-4-5-2-6(8)7(3-5)9(10)11/h5-8H,2-4H2,1H3,(H2,10,11)/t5?,6?,7-,8+/m0/s1. The Morgan fingerprint density at radius 2 is 2.17 bits per heavy atom. The number of primary amides is 1. The zero-order valence-corrected chi connectivity index (χ0v) is 8.14. The van der Waals surface area contributed by atoms with Gasteiger partial charge in [-0.05, 0) is 37.4 Å². The van der Waals surface area contributed by atoms with Crippen LogP contribution in [0.25, 0.3) is 0 Å². The van der Waals surface area contributed by atoms with Crippen molar-refractivity contribution in [2.24, 2.45) is 23.5 Å². The SMILES string of the molecule is CS[C@@H]1CC2CC1[C@@H](C(N)=O)C2. The van der Waals surface area contributed by atoms with Gasteiger partial charge in [0, 0.05) is 11.2 Å². The number of nitrogens with two attached hydrogens (primary N) is 1. The number of rotatable bonds is 2. The van der Waals surface area contributed by atoms with Crippen LogP contribution in [0.5, 0.6) is 0 Å².